The Morgan fingerprint density at radius 2 is 1.76 bits per heavy atom. The number of rotatable bonds is 8. The Kier molecular flexibility index (Phi) is 6.58. The zero-order valence-corrected chi connectivity index (χ0v) is 13.2. The third-order valence-corrected chi connectivity index (χ3v) is 3.47. The molecule has 2 rings (SSSR count). The van der Waals surface area contributed by atoms with Crippen LogP contribution in [0.15, 0.2) is 48.5 Å². The maximum absolute atomic E-state index is 5.97. The summed E-state index contributed by atoms with van der Waals surface area (Å²) in [6.07, 6.45) is 2.26. The van der Waals surface area contributed by atoms with Crippen LogP contribution in [-0.4, -0.2) is 6.61 Å². The first-order valence-corrected chi connectivity index (χ1v) is 7.82. The fraction of sp³-hybridized carbons (Fsp3) is 0.333. The fourth-order valence-electron chi connectivity index (χ4n) is 2.04. The van der Waals surface area contributed by atoms with Crippen molar-refractivity contribution < 1.29 is 4.74 Å². The van der Waals surface area contributed by atoms with Crippen LogP contribution in [0.2, 0.25) is 5.02 Å². The van der Waals surface area contributed by atoms with Gasteiger partial charge in [0.1, 0.15) is 5.75 Å². The highest BCUT2D eigenvalue weighted by Gasteiger charge is 1.97. The normalized spacial score (nSPS) is 10.6. The highest BCUT2D eigenvalue weighted by atomic mass is 35.5. The van der Waals surface area contributed by atoms with E-state index in [0.717, 1.165) is 43.3 Å². The summed E-state index contributed by atoms with van der Waals surface area (Å²) < 4.78 is 5.65. The van der Waals surface area contributed by atoms with Crippen LogP contribution >= 0.6 is 11.6 Å². The second-order valence-electron chi connectivity index (χ2n) is 5.08. The van der Waals surface area contributed by atoms with Crippen molar-refractivity contribution in [2.24, 2.45) is 0 Å². The van der Waals surface area contributed by atoms with Gasteiger partial charge in [-0.15, -0.1) is 0 Å². The van der Waals surface area contributed by atoms with E-state index in [2.05, 4.69) is 30.4 Å². The number of hydrogen-bond donors (Lipinski definition) is 1. The SMILES string of the molecule is CCCCOc1ccc(CNCc2cccc(Cl)c2)cc1. The summed E-state index contributed by atoms with van der Waals surface area (Å²) >= 11 is 5.97. The molecule has 0 aliphatic carbocycles. The lowest BCUT2D eigenvalue weighted by atomic mass is 10.2. The molecule has 21 heavy (non-hydrogen) atoms. The van der Waals surface area contributed by atoms with Crippen LogP contribution in [0, 0.1) is 0 Å². The molecule has 0 atom stereocenters. The van der Waals surface area contributed by atoms with Gasteiger partial charge in [0.15, 0.2) is 0 Å². The maximum atomic E-state index is 5.97. The number of hydrogen-bond acceptors (Lipinski definition) is 2. The molecule has 0 aliphatic heterocycles. The second-order valence-corrected chi connectivity index (χ2v) is 5.52. The van der Waals surface area contributed by atoms with Crippen LogP contribution in [0.25, 0.3) is 0 Å². The molecule has 2 nitrogen and oxygen atoms in total. The van der Waals surface area contributed by atoms with Gasteiger partial charge in [-0.1, -0.05) is 49.2 Å². The Bertz CT molecular complexity index is 539. The monoisotopic (exact) mass is 303 g/mol. The van der Waals surface area contributed by atoms with Gasteiger partial charge in [0.25, 0.3) is 0 Å². The average molecular weight is 304 g/mol. The summed E-state index contributed by atoms with van der Waals surface area (Å²) in [5.41, 5.74) is 2.45. The lowest BCUT2D eigenvalue weighted by Crippen LogP contribution is -2.12. The maximum Gasteiger partial charge on any atom is 0.119 e. The molecule has 0 unspecified atom stereocenters. The van der Waals surface area contributed by atoms with Gasteiger partial charge in [-0.25, -0.2) is 0 Å². The van der Waals surface area contributed by atoms with Crippen LogP contribution in [0.3, 0.4) is 0 Å². The topological polar surface area (TPSA) is 21.3 Å². The minimum atomic E-state index is 0.780. The molecule has 0 spiro atoms. The Balaban J connectivity index is 1.75. The van der Waals surface area contributed by atoms with Crippen molar-refractivity contribution in [1.82, 2.24) is 5.32 Å². The summed E-state index contributed by atoms with van der Waals surface area (Å²) in [6, 6.07) is 16.2. The van der Waals surface area contributed by atoms with E-state index in [0.29, 0.717) is 0 Å². The van der Waals surface area contributed by atoms with E-state index < -0.39 is 0 Å². The van der Waals surface area contributed by atoms with Crippen LogP contribution < -0.4 is 10.1 Å². The molecule has 2 aromatic carbocycles. The fourth-order valence-corrected chi connectivity index (χ4v) is 2.25. The predicted molar refractivity (Wildman–Crippen MR) is 88.8 cm³/mol. The number of ether oxygens (including phenoxy) is 1. The lowest BCUT2D eigenvalue weighted by molar-refractivity contribution is 0.309. The first-order chi connectivity index (χ1) is 10.3. The van der Waals surface area contributed by atoms with Gasteiger partial charge in [-0.3, -0.25) is 0 Å². The smallest absolute Gasteiger partial charge is 0.119 e. The molecule has 0 heterocycles. The zero-order chi connectivity index (χ0) is 14.9. The molecule has 0 aromatic heterocycles. The first kappa shape index (κ1) is 15.9. The van der Waals surface area contributed by atoms with Crippen molar-refractivity contribution in [2.75, 3.05) is 6.61 Å². The summed E-state index contributed by atoms with van der Waals surface area (Å²) in [5.74, 6) is 0.946. The van der Waals surface area contributed by atoms with Crippen LogP contribution in [0.5, 0.6) is 5.75 Å². The summed E-state index contributed by atoms with van der Waals surface area (Å²) in [4.78, 5) is 0. The van der Waals surface area contributed by atoms with Crippen LogP contribution in [-0.2, 0) is 13.1 Å². The molecule has 2 aromatic rings. The van der Waals surface area contributed by atoms with Crippen molar-refractivity contribution >= 4 is 11.6 Å². The van der Waals surface area contributed by atoms with Gasteiger partial charge in [-0.05, 0) is 41.8 Å². The summed E-state index contributed by atoms with van der Waals surface area (Å²) in [7, 11) is 0. The Morgan fingerprint density at radius 3 is 2.48 bits per heavy atom. The van der Waals surface area contributed by atoms with Gasteiger partial charge in [0.2, 0.25) is 0 Å². The minimum absolute atomic E-state index is 0.780. The van der Waals surface area contributed by atoms with Crippen molar-refractivity contribution in [3.63, 3.8) is 0 Å². The van der Waals surface area contributed by atoms with E-state index in [1.54, 1.807) is 0 Å². The summed E-state index contributed by atoms with van der Waals surface area (Å²) in [6.45, 7) is 4.61. The Morgan fingerprint density at radius 1 is 1.00 bits per heavy atom. The van der Waals surface area contributed by atoms with Gasteiger partial charge in [0.05, 0.1) is 6.61 Å². The largest absolute Gasteiger partial charge is 0.494 e. The zero-order valence-electron chi connectivity index (χ0n) is 12.4. The van der Waals surface area contributed by atoms with Crippen molar-refractivity contribution in [2.45, 2.75) is 32.9 Å². The first-order valence-electron chi connectivity index (χ1n) is 7.45. The van der Waals surface area contributed by atoms with E-state index in [1.807, 2.05) is 30.3 Å². The molecular weight excluding hydrogens is 282 g/mol. The van der Waals surface area contributed by atoms with Gasteiger partial charge >= 0.3 is 0 Å². The molecule has 1 N–H and O–H groups in total. The minimum Gasteiger partial charge on any atom is -0.494 e. The molecule has 0 amide bonds. The van der Waals surface area contributed by atoms with Crippen molar-refractivity contribution in [3.05, 3.63) is 64.7 Å². The molecule has 0 radical (unpaired) electrons. The lowest BCUT2D eigenvalue weighted by Gasteiger charge is -2.08. The van der Waals surface area contributed by atoms with Gasteiger partial charge < -0.3 is 10.1 Å². The molecule has 112 valence electrons. The number of halogens is 1. The highest BCUT2D eigenvalue weighted by molar-refractivity contribution is 6.30. The third-order valence-electron chi connectivity index (χ3n) is 3.24. The Labute approximate surface area is 132 Å². The van der Waals surface area contributed by atoms with Gasteiger partial charge in [-0.2, -0.15) is 0 Å². The quantitative estimate of drug-likeness (QED) is 0.707. The number of unbranched alkanes of at least 4 members (excludes halogenated alkanes) is 1. The standard InChI is InChI=1S/C18H22ClNO/c1-2-3-11-21-18-9-7-15(8-10-18)13-20-14-16-5-4-6-17(19)12-16/h4-10,12,20H,2-3,11,13-14H2,1H3. The third kappa shape index (κ3) is 5.78. The predicted octanol–water partition coefficient (Wildman–Crippen LogP) is 4.81. The van der Waals surface area contributed by atoms with E-state index in [4.69, 9.17) is 16.3 Å². The van der Waals surface area contributed by atoms with Gasteiger partial charge in [0, 0.05) is 18.1 Å². The van der Waals surface area contributed by atoms with E-state index in [-0.39, 0.29) is 0 Å². The second kappa shape index (κ2) is 8.71. The summed E-state index contributed by atoms with van der Waals surface area (Å²) in [5, 5.41) is 4.20. The van der Waals surface area contributed by atoms with E-state index in [1.165, 1.54) is 11.1 Å². The van der Waals surface area contributed by atoms with Crippen molar-refractivity contribution in [1.29, 1.82) is 0 Å². The molecule has 0 saturated heterocycles. The Hall–Kier alpha value is -1.51. The van der Waals surface area contributed by atoms with E-state index >= 15 is 0 Å². The van der Waals surface area contributed by atoms with Crippen molar-refractivity contribution in [3.8, 4) is 5.75 Å². The number of nitrogens with one attached hydrogen (secondary N) is 1. The molecule has 3 heteroatoms. The average Bonchev–Trinajstić information content (AvgIpc) is 2.49. The van der Waals surface area contributed by atoms with Crippen LogP contribution in [0.4, 0.5) is 0 Å². The number of benzene rings is 2. The van der Waals surface area contributed by atoms with E-state index in [9.17, 15) is 0 Å². The molecular formula is C18H22ClNO. The molecule has 0 aliphatic rings. The molecule has 0 saturated carbocycles. The highest BCUT2D eigenvalue weighted by Crippen LogP contribution is 2.13. The molecule has 0 fully saturated rings. The molecule has 0 bridgehead atoms. The van der Waals surface area contributed by atoms with Crippen LogP contribution in [0.1, 0.15) is 30.9 Å².